The molecule has 1 saturated heterocycles. The van der Waals surface area contributed by atoms with Crippen LogP contribution in [0.4, 0.5) is 0 Å². The van der Waals surface area contributed by atoms with Crippen molar-refractivity contribution < 1.29 is 9.32 Å². The standard InChI is InChI=1S/C16H22N4O2S/c1-11-10-23-16(17-11)13-6-3-4-9-20(13)15(21)8-5-7-14-18-12(2)19-22-14/h10,13H,3-9H2,1-2H3/t13-/m0/s1. The smallest absolute Gasteiger partial charge is 0.226 e. The van der Waals surface area contributed by atoms with E-state index in [1.807, 2.05) is 11.8 Å². The number of hydrogen-bond donors (Lipinski definition) is 0. The summed E-state index contributed by atoms with van der Waals surface area (Å²) in [4.78, 5) is 23.4. The number of amides is 1. The molecule has 1 amide bonds. The van der Waals surface area contributed by atoms with Crippen molar-refractivity contribution >= 4 is 17.2 Å². The lowest BCUT2D eigenvalue weighted by atomic mass is 10.0. The van der Waals surface area contributed by atoms with Crippen LogP contribution in [0.25, 0.3) is 0 Å². The molecule has 23 heavy (non-hydrogen) atoms. The molecule has 7 heteroatoms. The van der Waals surface area contributed by atoms with Gasteiger partial charge in [-0.05, 0) is 39.5 Å². The van der Waals surface area contributed by atoms with Crippen molar-refractivity contribution in [2.75, 3.05) is 6.54 Å². The zero-order valence-corrected chi connectivity index (χ0v) is 14.4. The Bertz CT molecular complexity index is 667. The van der Waals surface area contributed by atoms with E-state index < -0.39 is 0 Å². The zero-order chi connectivity index (χ0) is 16.2. The Kier molecular flexibility index (Phi) is 5.05. The normalized spacial score (nSPS) is 18.3. The van der Waals surface area contributed by atoms with Gasteiger partial charge in [-0.15, -0.1) is 11.3 Å². The van der Waals surface area contributed by atoms with Crippen molar-refractivity contribution in [3.05, 3.63) is 27.8 Å². The summed E-state index contributed by atoms with van der Waals surface area (Å²) in [6.07, 6.45) is 5.16. The van der Waals surface area contributed by atoms with Crippen LogP contribution in [0.2, 0.25) is 0 Å². The first kappa shape index (κ1) is 16.1. The van der Waals surface area contributed by atoms with Gasteiger partial charge in [0, 0.05) is 30.5 Å². The predicted octanol–water partition coefficient (Wildman–Crippen LogP) is 3.22. The molecule has 6 nitrogen and oxygen atoms in total. The molecule has 0 radical (unpaired) electrons. The van der Waals surface area contributed by atoms with Crippen LogP contribution in [0.1, 0.15) is 60.6 Å². The third-order valence-corrected chi connectivity index (χ3v) is 5.16. The van der Waals surface area contributed by atoms with Crippen molar-refractivity contribution in [1.82, 2.24) is 20.0 Å². The molecular weight excluding hydrogens is 312 g/mol. The molecule has 3 heterocycles. The Balaban J connectivity index is 1.57. The molecule has 0 spiro atoms. The van der Waals surface area contributed by atoms with Crippen LogP contribution < -0.4 is 0 Å². The van der Waals surface area contributed by atoms with Gasteiger partial charge in [-0.2, -0.15) is 4.98 Å². The van der Waals surface area contributed by atoms with Crippen LogP contribution in [0.5, 0.6) is 0 Å². The van der Waals surface area contributed by atoms with E-state index in [1.165, 1.54) is 0 Å². The highest BCUT2D eigenvalue weighted by molar-refractivity contribution is 7.09. The average Bonchev–Trinajstić information content (AvgIpc) is 3.16. The van der Waals surface area contributed by atoms with E-state index in [0.717, 1.165) is 42.9 Å². The van der Waals surface area contributed by atoms with Gasteiger partial charge in [-0.25, -0.2) is 4.98 Å². The molecule has 0 N–H and O–H groups in total. The molecule has 1 aliphatic rings. The molecule has 1 atom stereocenters. The van der Waals surface area contributed by atoms with Crippen LogP contribution in [0, 0.1) is 13.8 Å². The third kappa shape index (κ3) is 3.96. The van der Waals surface area contributed by atoms with E-state index >= 15 is 0 Å². The van der Waals surface area contributed by atoms with Crippen LogP contribution >= 0.6 is 11.3 Å². The second-order valence-corrected chi connectivity index (χ2v) is 6.90. The van der Waals surface area contributed by atoms with Gasteiger partial charge in [-0.1, -0.05) is 5.16 Å². The molecule has 0 saturated carbocycles. The topological polar surface area (TPSA) is 72.1 Å². The molecule has 0 bridgehead atoms. The summed E-state index contributed by atoms with van der Waals surface area (Å²) < 4.78 is 5.09. The highest BCUT2D eigenvalue weighted by atomic mass is 32.1. The SMILES string of the molecule is Cc1csc([C@@H]2CCCCN2C(=O)CCCc2nc(C)no2)n1. The van der Waals surface area contributed by atoms with Gasteiger partial charge in [0.2, 0.25) is 11.8 Å². The molecule has 0 aliphatic carbocycles. The second-order valence-electron chi connectivity index (χ2n) is 6.01. The molecule has 2 aromatic heterocycles. The number of aromatic nitrogens is 3. The minimum atomic E-state index is 0.153. The van der Waals surface area contributed by atoms with Crippen molar-refractivity contribution in [2.45, 2.75) is 58.4 Å². The van der Waals surface area contributed by atoms with Gasteiger partial charge in [0.25, 0.3) is 0 Å². The number of thiazole rings is 1. The van der Waals surface area contributed by atoms with Gasteiger partial charge < -0.3 is 9.42 Å². The maximum absolute atomic E-state index is 12.6. The highest BCUT2D eigenvalue weighted by Gasteiger charge is 2.29. The van der Waals surface area contributed by atoms with E-state index in [4.69, 9.17) is 4.52 Å². The highest BCUT2D eigenvalue weighted by Crippen LogP contribution is 2.33. The quantitative estimate of drug-likeness (QED) is 0.839. The first-order valence-corrected chi connectivity index (χ1v) is 9.02. The number of carbonyl (C=O) groups excluding carboxylic acids is 1. The number of rotatable bonds is 5. The molecule has 0 aromatic carbocycles. The lowest BCUT2D eigenvalue weighted by molar-refractivity contribution is -0.135. The fourth-order valence-corrected chi connectivity index (χ4v) is 3.93. The summed E-state index contributed by atoms with van der Waals surface area (Å²) in [6, 6.07) is 0.153. The molecule has 1 aliphatic heterocycles. The van der Waals surface area contributed by atoms with Crippen LogP contribution in [-0.4, -0.2) is 32.5 Å². The van der Waals surface area contributed by atoms with E-state index in [1.54, 1.807) is 18.3 Å². The van der Waals surface area contributed by atoms with Crippen molar-refractivity contribution in [1.29, 1.82) is 0 Å². The van der Waals surface area contributed by atoms with Crippen LogP contribution in [-0.2, 0) is 11.2 Å². The van der Waals surface area contributed by atoms with Crippen molar-refractivity contribution in [3.8, 4) is 0 Å². The number of hydrogen-bond acceptors (Lipinski definition) is 6. The molecule has 0 unspecified atom stereocenters. The van der Waals surface area contributed by atoms with Gasteiger partial charge in [0.1, 0.15) is 5.01 Å². The number of piperidine rings is 1. The summed E-state index contributed by atoms with van der Waals surface area (Å²) in [5, 5.41) is 6.90. The molecular formula is C16H22N4O2S. The monoisotopic (exact) mass is 334 g/mol. The Hall–Kier alpha value is -1.76. The van der Waals surface area contributed by atoms with Gasteiger partial charge in [-0.3, -0.25) is 4.79 Å². The van der Waals surface area contributed by atoms with Crippen molar-refractivity contribution in [3.63, 3.8) is 0 Å². The fourth-order valence-electron chi connectivity index (χ4n) is 2.99. The number of carbonyl (C=O) groups is 1. The summed E-state index contributed by atoms with van der Waals surface area (Å²) in [7, 11) is 0. The largest absolute Gasteiger partial charge is 0.339 e. The predicted molar refractivity (Wildman–Crippen MR) is 87.1 cm³/mol. The van der Waals surface area contributed by atoms with Crippen LogP contribution in [0.3, 0.4) is 0 Å². The van der Waals surface area contributed by atoms with E-state index in [-0.39, 0.29) is 11.9 Å². The molecule has 1 fully saturated rings. The number of nitrogens with zero attached hydrogens (tertiary/aromatic N) is 4. The number of likely N-dealkylation sites (tertiary alicyclic amines) is 1. The average molecular weight is 334 g/mol. The fraction of sp³-hybridized carbons (Fsp3) is 0.625. The maximum Gasteiger partial charge on any atom is 0.226 e. The van der Waals surface area contributed by atoms with E-state index in [0.29, 0.717) is 24.6 Å². The first-order valence-electron chi connectivity index (χ1n) is 8.14. The summed E-state index contributed by atoms with van der Waals surface area (Å²) in [5.74, 6) is 1.46. The second kappa shape index (κ2) is 7.21. The summed E-state index contributed by atoms with van der Waals surface area (Å²) in [6.45, 7) is 4.63. The van der Waals surface area contributed by atoms with E-state index in [2.05, 4.69) is 20.5 Å². The van der Waals surface area contributed by atoms with Gasteiger partial charge in [0.05, 0.1) is 6.04 Å². The number of aryl methyl sites for hydroxylation is 3. The van der Waals surface area contributed by atoms with Gasteiger partial charge in [0.15, 0.2) is 5.82 Å². The Morgan fingerprint density at radius 1 is 1.39 bits per heavy atom. The molecule has 3 rings (SSSR count). The lowest BCUT2D eigenvalue weighted by Crippen LogP contribution is -2.38. The lowest BCUT2D eigenvalue weighted by Gasteiger charge is -2.34. The molecule has 124 valence electrons. The minimum absolute atomic E-state index is 0.153. The zero-order valence-electron chi connectivity index (χ0n) is 13.6. The Labute approximate surface area is 139 Å². The summed E-state index contributed by atoms with van der Waals surface area (Å²) in [5.41, 5.74) is 1.04. The summed E-state index contributed by atoms with van der Waals surface area (Å²) >= 11 is 1.66. The van der Waals surface area contributed by atoms with Crippen molar-refractivity contribution in [2.24, 2.45) is 0 Å². The van der Waals surface area contributed by atoms with Gasteiger partial charge >= 0.3 is 0 Å². The molecule has 2 aromatic rings. The Morgan fingerprint density at radius 3 is 2.96 bits per heavy atom. The Morgan fingerprint density at radius 2 is 2.26 bits per heavy atom. The maximum atomic E-state index is 12.6. The first-order chi connectivity index (χ1) is 11.1. The van der Waals surface area contributed by atoms with Crippen LogP contribution in [0.15, 0.2) is 9.90 Å². The third-order valence-electron chi connectivity index (χ3n) is 4.10. The minimum Gasteiger partial charge on any atom is -0.339 e. The van der Waals surface area contributed by atoms with E-state index in [9.17, 15) is 4.79 Å².